The molecule has 6 heteroatoms. The monoisotopic (exact) mass is 357 g/mol. The van der Waals surface area contributed by atoms with Crippen molar-refractivity contribution in [1.29, 1.82) is 0 Å². The molecule has 3 nitrogen and oxygen atoms in total. The number of halogens is 3. The summed E-state index contributed by atoms with van der Waals surface area (Å²) >= 11 is 3.51. The van der Waals surface area contributed by atoms with Crippen LogP contribution in [-0.4, -0.2) is 16.8 Å². The van der Waals surface area contributed by atoms with Crippen LogP contribution in [0.5, 0.6) is 0 Å². The molecule has 1 aromatic carbocycles. The number of hydrogen-bond donors (Lipinski definition) is 1. The van der Waals surface area contributed by atoms with E-state index in [1.54, 1.807) is 12.3 Å². The molecule has 0 aliphatic carbocycles. The lowest BCUT2D eigenvalue weighted by Crippen LogP contribution is -2.23. The van der Waals surface area contributed by atoms with E-state index in [2.05, 4.69) is 33.3 Å². The lowest BCUT2D eigenvalue weighted by molar-refractivity contribution is 0.488. The minimum atomic E-state index is -0.822. The van der Waals surface area contributed by atoms with Crippen molar-refractivity contribution >= 4 is 15.9 Å². The summed E-state index contributed by atoms with van der Waals surface area (Å²) in [7, 11) is 1.85. The zero-order chi connectivity index (χ0) is 15.4. The van der Waals surface area contributed by atoms with Crippen molar-refractivity contribution in [3.63, 3.8) is 0 Å². The van der Waals surface area contributed by atoms with Crippen molar-refractivity contribution in [2.75, 3.05) is 7.05 Å². The van der Waals surface area contributed by atoms with Crippen LogP contribution in [-0.2, 0) is 13.0 Å². The van der Waals surface area contributed by atoms with E-state index in [0.29, 0.717) is 6.42 Å². The Hall–Kier alpha value is -1.27. The minimum absolute atomic E-state index is 0.0294. The minimum Gasteiger partial charge on any atom is -0.311 e. The molecule has 114 valence electrons. The average Bonchev–Trinajstić information content (AvgIpc) is 2.82. The van der Waals surface area contributed by atoms with E-state index in [9.17, 15) is 8.78 Å². The molecular weight excluding hydrogens is 340 g/mol. The van der Waals surface area contributed by atoms with Gasteiger partial charge in [-0.05, 0) is 53.5 Å². The fraction of sp³-hybridized carbons (Fsp3) is 0.400. The molecule has 1 N–H and O–H groups in total. The molecule has 0 amide bonds. The molecule has 0 saturated carbocycles. The number of nitrogens with one attached hydrogen (secondary N) is 1. The molecule has 0 aliphatic heterocycles. The maximum Gasteiger partial charge on any atom is 0.159 e. The average molecular weight is 358 g/mol. The van der Waals surface area contributed by atoms with Gasteiger partial charge in [-0.3, -0.25) is 4.68 Å². The standard InChI is InChI=1S/C15H18BrF2N3/c1-3-6-21-15(11(16)9-20-21)14(19-2)8-10-4-5-12(17)13(18)7-10/h4-5,7,9,14,19H,3,6,8H2,1-2H3. The fourth-order valence-electron chi connectivity index (χ4n) is 2.35. The molecule has 0 fully saturated rings. The Labute approximate surface area is 131 Å². The number of benzene rings is 1. The summed E-state index contributed by atoms with van der Waals surface area (Å²) in [5, 5.41) is 7.56. The summed E-state index contributed by atoms with van der Waals surface area (Å²) in [6.07, 6.45) is 3.30. The molecule has 2 aromatic rings. The van der Waals surface area contributed by atoms with Crippen LogP contribution in [0.3, 0.4) is 0 Å². The Morgan fingerprint density at radius 2 is 2.10 bits per heavy atom. The fourth-order valence-corrected chi connectivity index (χ4v) is 2.92. The summed E-state index contributed by atoms with van der Waals surface area (Å²) in [5.74, 6) is -1.64. The molecule has 21 heavy (non-hydrogen) atoms. The highest BCUT2D eigenvalue weighted by atomic mass is 79.9. The number of hydrogen-bond acceptors (Lipinski definition) is 2. The van der Waals surface area contributed by atoms with Gasteiger partial charge in [0.25, 0.3) is 0 Å². The Bertz CT molecular complexity index is 613. The number of aromatic nitrogens is 2. The van der Waals surface area contributed by atoms with Crippen molar-refractivity contribution < 1.29 is 8.78 Å². The van der Waals surface area contributed by atoms with Crippen molar-refractivity contribution in [1.82, 2.24) is 15.1 Å². The molecule has 0 saturated heterocycles. The molecule has 0 spiro atoms. The Balaban J connectivity index is 2.27. The van der Waals surface area contributed by atoms with Gasteiger partial charge in [0.05, 0.1) is 22.4 Å². The number of aryl methyl sites for hydroxylation is 1. The molecule has 0 aliphatic rings. The Kier molecular flexibility index (Phi) is 5.47. The second-order valence-electron chi connectivity index (χ2n) is 4.89. The number of likely N-dealkylation sites (N-methyl/N-ethyl adjacent to an activating group) is 1. The van der Waals surface area contributed by atoms with Gasteiger partial charge in [0.15, 0.2) is 11.6 Å². The van der Waals surface area contributed by atoms with Crippen molar-refractivity contribution in [3.8, 4) is 0 Å². The number of nitrogens with zero attached hydrogens (tertiary/aromatic N) is 2. The Morgan fingerprint density at radius 3 is 2.71 bits per heavy atom. The van der Waals surface area contributed by atoms with Crippen LogP contribution in [0.25, 0.3) is 0 Å². The third-order valence-corrected chi connectivity index (χ3v) is 3.98. The zero-order valence-electron chi connectivity index (χ0n) is 12.0. The summed E-state index contributed by atoms with van der Waals surface area (Å²) in [6.45, 7) is 2.90. The first-order valence-electron chi connectivity index (χ1n) is 6.89. The smallest absolute Gasteiger partial charge is 0.159 e. The first-order chi connectivity index (χ1) is 10.1. The lowest BCUT2D eigenvalue weighted by Gasteiger charge is -2.19. The summed E-state index contributed by atoms with van der Waals surface area (Å²) in [6, 6.07) is 3.99. The molecule has 1 aromatic heterocycles. The summed E-state index contributed by atoms with van der Waals surface area (Å²) in [5.41, 5.74) is 1.76. The van der Waals surface area contributed by atoms with Gasteiger partial charge in [0, 0.05) is 6.54 Å². The zero-order valence-corrected chi connectivity index (χ0v) is 13.6. The first-order valence-corrected chi connectivity index (χ1v) is 7.68. The van der Waals surface area contributed by atoms with Gasteiger partial charge < -0.3 is 5.32 Å². The van der Waals surface area contributed by atoms with E-state index in [4.69, 9.17) is 0 Å². The van der Waals surface area contributed by atoms with E-state index in [1.165, 1.54) is 6.07 Å². The molecule has 2 rings (SSSR count). The van der Waals surface area contributed by atoms with Crippen molar-refractivity contribution in [3.05, 3.63) is 51.8 Å². The molecule has 1 heterocycles. The lowest BCUT2D eigenvalue weighted by atomic mass is 10.0. The normalized spacial score (nSPS) is 12.6. The molecular formula is C15H18BrF2N3. The van der Waals surface area contributed by atoms with E-state index in [-0.39, 0.29) is 6.04 Å². The highest BCUT2D eigenvalue weighted by Gasteiger charge is 2.19. The highest BCUT2D eigenvalue weighted by Crippen LogP contribution is 2.26. The molecule has 1 unspecified atom stereocenters. The topological polar surface area (TPSA) is 29.9 Å². The second-order valence-corrected chi connectivity index (χ2v) is 5.75. The predicted octanol–water partition coefficient (Wildman–Crippen LogP) is 3.84. The third kappa shape index (κ3) is 3.68. The predicted molar refractivity (Wildman–Crippen MR) is 82.1 cm³/mol. The van der Waals surface area contributed by atoms with Crippen LogP contribution in [0, 0.1) is 11.6 Å². The van der Waals surface area contributed by atoms with Crippen molar-refractivity contribution in [2.24, 2.45) is 0 Å². The van der Waals surface area contributed by atoms with Gasteiger partial charge in [0.2, 0.25) is 0 Å². The van der Waals surface area contributed by atoms with Crippen molar-refractivity contribution in [2.45, 2.75) is 32.4 Å². The van der Waals surface area contributed by atoms with E-state index in [0.717, 1.165) is 34.8 Å². The van der Waals surface area contributed by atoms with Gasteiger partial charge in [-0.1, -0.05) is 13.0 Å². The Morgan fingerprint density at radius 1 is 1.33 bits per heavy atom. The van der Waals surface area contributed by atoms with Gasteiger partial charge >= 0.3 is 0 Å². The number of rotatable bonds is 6. The van der Waals surface area contributed by atoms with E-state index < -0.39 is 11.6 Å². The van der Waals surface area contributed by atoms with Crippen LogP contribution in [0.2, 0.25) is 0 Å². The van der Waals surface area contributed by atoms with Gasteiger partial charge in [-0.15, -0.1) is 0 Å². The summed E-state index contributed by atoms with van der Waals surface area (Å²) in [4.78, 5) is 0. The first kappa shape index (κ1) is 16.1. The molecule has 0 radical (unpaired) electrons. The van der Waals surface area contributed by atoms with Gasteiger partial charge in [0.1, 0.15) is 0 Å². The van der Waals surface area contributed by atoms with Gasteiger partial charge in [-0.2, -0.15) is 5.10 Å². The largest absolute Gasteiger partial charge is 0.311 e. The maximum atomic E-state index is 13.3. The maximum absolute atomic E-state index is 13.3. The van der Waals surface area contributed by atoms with E-state index >= 15 is 0 Å². The van der Waals surface area contributed by atoms with Crippen LogP contribution >= 0.6 is 15.9 Å². The summed E-state index contributed by atoms with van der Waals surface area (Å²) < 4.78 is 29.2. The second kappa shape index (κ2) is 7.13. The van der Waals surface area contributed by atoms with Crippen LogP contribution < -0.4 is 5.32 Å². The SMILES string of the molecule is CCCn1ncc(Br)c1C(Cc1ccc(F)c(F)c1)NC. The van der Waals surface area contributed by atoms with E-state index in [1.807, 2.05) is 11.7 Å². The highest BCUT2D eigenvalue weighted by molar-refractivity contribution is 9.10. The third-order valence-electron chi connectivity index (χ3n) is 3.37. The van der Waals surface area contributed by atoms with Gasteiger partial charge in [-0.25, -0.2) is 8.78 Å². The van der Waals surface area contributed by atoms with Crippen LogP contribution in [0.15, 0.2) is 28.9 Å². The van der Waals surface area contributed by atoms with Crippen LogP contribution in [0.4, 0.5) is 8.78 Å². The van der Waals surface area contributed by atoms with Crippen LogP contribution in [0.1, 0.15) is 30.6 Å². The molecule has 1 atom stereocenters. The molecule has 0 bridgehead atoms. The quantitative estimate of drug-likeness (QED) is 0.851.